The maximum atomic E-state index is 12.1. The van der Waals surface area contributed by atoms with Crippen molar-refractivity contribution in [2.24, 2.45) is 22.6 Å². The standard InChI is InChI=1S/C13H20N4O/c14-11-13(4-6-16-5-3-10(13)8-16)17(12(18)15-11)7-9-1-2-9/h9-10H,1-8H2,(H2,14,15,18). The number of amidine groups is 1. The van der Waals surface area contributed by atoms with Crippen LogP contribution in [0.1, 0.15) is 25.7 Å². The van der Waals surface area contributed by atoms with Crippen molar-refractivity contribution in [3.63, 3.8) is 0 Å². The monoisotopic (exact) mass is 248 g/mol. The van der Waals surface area contributed by atoms with E-state index in [9.17, 15) is 4.79 Å². The molecule has 2 bridgehead atoms. The molecule has 5 heteroatoms. The van der Waals surface area contributed by atoms with Crippen LogP contribution >= 0.6 is 0 Å². The zero-order valence-electron chi connectivity index (χ0n) is 10.6. The predicted octanol–water partition coefficient (Wildman–Crippen LogP) is 0.654. The lowest BCUT2D eigenvalue weighted by Crippen LogP contribution is -2.62. The van der Waals surface area contributed by atoms with Crippen molar-refractivity contribution in [3.05, 3.63) is 0 Å². The molecule has 2 amide bonds. The van der Waals surface area contributed by atoms with Crippen LogP contribution in [0.2, 0.25) is 0 Å². The van der Waals surface area contributed by atoms with Gasteiger partial charge in [-0.1, -0.05) is 0 Å². The van der Waals surface area contributed by atoms with Crippen molar-refractivity contribution in [2.45, 2.75) is 31.2 Å². The molecule has 0 aromatic heterocycles. The summed E-state index contributed by atoms with van der Waals surface area (Å²) < 4.78 is 0. The van der Waals surface area contributed by atoms with Crippen molar-refractivity contribution in [3.8, 4) is 0 Å². The summed E-state index contributed by atoms with van der Waals surface area (Å²) in [5.74, 6) is 1.80. The number of amides is 2. The lowest BCUT2D eigenvalue weighted by atomic mass is 9.77. The normalized spacial score (nSPS) is 42.8. The Morgan fingerprint density at radius 3 is 2.94 bits per heavy atom. The van der Waals surface area contributed by atoms with Gasteiger partial charge in [-0.3, -0.25) is 0 Å². The number of nitrogens with zero attached hydrogens (tertiary/aromatic N) is 3. The van der Waals surface area contributed by atoms with Crippen molar-refractivity contribution in [1.82, 2.24) is 9.80 Å². The molecule has 1 aliphatic carbocycles. The van der Waals surface area contributed by atoms with Gasteiger partial charge in [-0.25, -0.2) is 4.79 Å². The minimum absolute atomic E-state index is 0.0836. The number of carbonyl (C=O) groups is 1. The third kappa shape index (κ3) is 1.31. The maximum Gasteiger partial charge on any atom is 0.346 e. The van der Waals surface area contributed by atoms with Crippen LogP contribution in [-0.2, 0) is 0 Å². The molecule has 3 fully saturated rings. The van der Waals surface area contributed by atoms with E-state index in [4.69, 9.17) is 5.73 Å². The molecule has 1 saturated carbocycles. The molecular weight excluding hydrogens is 228 g/mol. The van der Waals surface area contributed by atoms with E-state index in [1.165, 1.54) is 12.8 Å². The van der Waals surface area contributed by atoms with Crippen LogP contribution in [0.15, 0.2) is 4.99 Å². The lowest BCUT2D eigenvalue weighted by molar-refractivity contribution is 0.0879. The fourth-order valence-corrected chi connectivity index (χ4v) is 4.02. The van der Waals surface area contributed by atoms with Gasteiger partial charge >= 0.3 is 6.03 Å². The van der Waals surface area contributed by atoms with Gasteiger partial charge in [0.25, 0.3) is 0 Å². The molecule has 4 rings (SSSR count). The molecule has 2 N–H and O–H groups in total. The second-order valence-electron chi connectivity index (χ2n) is 6.29. The summed E-state index contributed by atoms with van der Waals surface area (Å²) in [5.41, 5.74) is 5.95. The molecule has 98 valence electrons. The average molecular weight is 248 g/mol. The summed E-state index contributed by atoms with van der Waals surface area (Å²) in [7, 11) is 0. The van der Waals surface area contributed by atoms with E-state index < -0.39 is 0 Å². The van der Waals surface area contributed by atoms with Crippen LogP contribution in [0.25, 0.3) is 0 Å². The summed E-state index contributed by atoms with van der Waals surface area (Å²) in [6.07, 6.45) is 4.66. The molecule has 18 heavy (non-hydrogen) atoms. The van der Waals surface area contributed by atoms with E-state index in [0.29, 0.717) is 17.7 Å². The Bertz CT molecular complexity index is 431. The van der Waals surface area contributed by atoms with Gasteiger partial charge in [-0.2, -0.15) is 4.99 Å². The van der Waals surface area contributed by atoms with Crippen LogP contribution in [-0.4, -0.2) is 53.4 Å². The first-order valence-corrected chi connectivity index (χ1v) is 7.09. The molecule has 3 heterocycles. The number of aliphatic imine (C=N–C) groups is 1. The molecular formula is C13H20N4O. The zero-order chi connectivity index (χ0) is 12.3. The quantitative estimate of drug-likeness (QED) is 0.780. The second-order valence-corrected chi connectivity index (χ2v) is 6.29. The third-order valence-electron chi connectivity index (χ3n) is 5.27. The number of carbonyl (C=O) groups excluding carboxylic acids is 1. The number of hydrogen-bond acceptors (Lipinski definition) is 3. The Morgan fingerprint density at radius 1 is 1.33 bits per heavy atom. The molecule has 0 aromatic carbocycles. The van der Waals surface area contributed by atoms with Crippen LogP contribution in [0.3, 0.4) is 0 Å². The highest BCUT2D eigenvalue weighted by Gasteiger charge is 2.57. The molecule has 1 spiro atoms. The number of rotatable bonds is 2. The molecule has 0 aromatic rings. The number of hydrogen-bond donors (Lipinski definition) is 1. The largest absolute Gasteiger partial charge is 0.385 e. The Kier molecular flexibility index (Phi) is 2.08. The van der Waals surface area contributed by atoms with Gasteiger partial charge in [0.15, 0.2) is 0 Å². The minimum Gasteiger partial charge on any atom is -0.385 e. The molecule has 2 saturated heterocycles. The molecule has 4 aliphatic rings. The topological polar surface area (TPSA) is 61.9 Å². The van der Waals surface area contributed by atoms with Gasteiger partial charge in [0.1, 0.15) is 11.4 Å². The first-order valence-electron chi connectivity index (χ1n) is 7.09. The molecule has 3 aliphatic heterocycles. The number of fused-ring (bicyclic) bond motifs is 3. The summed E-state index contributed by atoms with van der Waals surface area (Å²) in [4.78, 5) is 20.8. The smallest absolute Gasteiger partial charge is 0.346 e. The van der Waals surface area contributed by atoms with E-state index in [-0.39, 0.29) is 11.6 Å². The third-order valence-corrected chi connectivity index (χ3v) is 5.27. The van der Waals surface area contributed by atoms with Gasteiger partial charge in [-0.05, 0) is 38.1 Å². The predicted molar refractivity (Wildman–Crippen MR) is 68.3 cm³/mol. The van der Waals surface area contributed by atoms with E-state index in [1.54, 1.807) is 0 Å². The highest BCUT2D eigenvalue weighted by molar-refractivity contribution is 6.06. The summed E-state index contributed by atoms with van der Waals surface area (Å²) in [6, 6.07) is -0.0836. The Balaban J connectivity index is 1.70. The van der Waals surface area contributed by atoms with Gasteiger partial charge in [0, 0.05) is 25.6 Å². The van der Waals surface area contributed by atoms with E-state index in [2.05, 4.69) is 9.89 Å². The van der Waals surface area contributed by atoms with Gasteiger partial charge in [0.2, 0.25) is 0 Å². The average Bonchev–Trinajstić information content (AvgIpc) is 3.04. The van der Waals surface area contributed by atoms with Gasteiger partial charge < -0.3 is 15.5 Å². The van der Waals surface area contributed by atoms with Crippen molar-refractivity contribution >= 4 is 11.9 Å². The Hall–Kier alpha value is -1.10. The molecule has 5 nitrogen and oxygen atoms in total. The number of urea groups is 1. The Labute approximate surface area is 107 Å². The van der Waals surface area contributed by atoms with Crippen LogP contribution in [0.5, 0.6) is 0 Å². The van der Waals surface area contributed by atoms with E-state index in [0.717, 1.165) is 39.0 Å². The van der Waals surface area contributed by atoms with Crippen molar-refractivity contribution in [1.29, 1.82) is 0 Å². The molecule has 0 radical (unpaired) electrons. The maximum absolute atomic E-state index is 12.1. The first kappa shape index (κ1) is 10.8. The van der Waals surface area contributed by atoms with Crippen LogP contribution in [0, 0.1) is 11.8 Å². The molecule has 3 atom stereocenters. The van der Waals surface area contributed by atoms with Crippen LogP contribution in [0.4, 0.5) is 4.79 Å². The van der Waals surface area contributed by atoms with Crippen molar-refractivity contribution < 1.29 is 4.79 Å². The number of piperidine rings is 1. The summed E-state index contributed by atoms with van der Waals surface area (Å²) in [5, 5.41) is 0. The highest BCUT2D eigenvalue weighted by Crippen LogP contribution is 2.44. The second kappa shape index (κ2) is 3.47. The van der Waals surface area contributed by atoms with Gasteiger partial charge in [-0.15, -0.1) is 0 Å². The van der Waals surface area contributed by atoms with Crippen molar-refractivity contribution in [2.75, 3.05) is 26.2 Å². The SMILES string of the molecule is NC1=NC(=O)N(CC2CC2)C12CCN1CCC2C1. The fourth-order valence-electron chi connectivity index (χ4n) is 4.02. The minimum atomic E-state index is -0.229. The fraction of sp³-hybridized carbons (Fsp3) is 0.846. The first-order chi connectivity index (χ1) is 8.70. The molecule has 3 unspecified atom stereocenters. The number of nitrogens with two attached hydrogens (primary N) is 1. The Morgan fingerprint density at radius 2 is 2.17 bits per heavy atom. The summed E-state index contributed by atoms with van der Waals surface area (Å²) >= 11 is 0. The van der Waals surface area contributed by atoms with E-state index >= 15 is 0 Å². The van der Waals surface area contributed by atoms with E-state index in [1.807, 2.05) is 4.90 Å². The van der Waals surface area contributed by atoms with Crippen LogP contribution < -0.4 is 5.73 Å². The van der Waals surface area contributed by atoms with Gasteiger partial charge in [0.05, 0.1) is 0 Å². The summed E-state index contributed by atoms with van der Waals surface area (Å²) in [6.45, 7) is 4.18. The zero-order valence-corrected chi connectivity index (χ0v) is 10.6. The highest BCUT2D eigenvalue weighted by atomic mass is 16.2. The lowest BCUT2D eigenvalue weighted by Gasteiger charge is -2.45.